The first-order chi connectivity index (χ1) is 14.0. The van der Waals surface area contributed by atoms with E-state index in [0.29, 0.717) is 24.3 Å². The molecule has 7 heteroatoms. The lowest BCUT2D eigenvalue weighted by Crippen LogP contribution is -2.37. The van der Waals surface area contributed by atoms with Gasteiger partial charge in [-0.2, -0.15) is 0 Å². The van der Waals surface area contributed by atoms with Gasteiger partial charge in [0.05, 0.1) is 7.11 Å². The molecule has 0 aliphatic rings. The van der Waals surface area contributed by atoms with Gasteiger partial charge >= 0.3 is 5.63 Å². The standard InChI is InChI=1S/C22H23NO6/c1-14(22(26)23-10-3-11-24)28-17-8-9-18-19(13-21(25)29-20(18)12-17)15-4-6-16(27-2)7-5-15/h4-9,12-14,24H,3,10-11H2,1-2H3,(H,23,26)/t14-/m0/s1. The van der Waals surface area contributed by atoms with Crippen LogP contribution in [0.1, 0.15) is 13.3 Å². The SMILES string of the molecule is COc1ccc(-c2cc(=O)oc3cc(O[C@@H](C)C(=O)NCCCO)ccc23)cc1. The molecule has 0 spiro atoms. The number of aliphatic hydroxyl groups excluding tert-OH is 1. The molecule has 0 unspecified atom stereocenters. The van der Waals surface area contributed by atoms with Crippen molar-refractivity contribution in [3.05, 3.63) is 59.0 Å². The van der Waals surface area contributed by atoms with E-state index in [2.05, 4.69) is 5.32 Å². The molecule has 3 rings (SSSR count). The Kier molecular flexibility index (Phi) is 6.51. The zero-order chi connectivity index (χ0) is 20.8. The minimum absolute atomic E-state index is 0.00968. The number of carbonyl (C=O) groups excluding carboxylic acids is 1. The van der Waals surface area contributed by atoms with Crippen LogP contribution in [0.3, 0.4) is 0 Å². The Balaban J connectivity index is 1.86. The monoisotopic (exact) mass is 397 g/mol. The minimum atomic E-state index is -0.734. The highest BCUT2D eigenvalue weighted by Gasteiger charge is 2.15. The van der Waals surface area contributed by atoms with Gasteiger partial charge in [-0.05, 0) is 48.7 Å². The fourth-order valence-corrected chi connectivity index (χ4v) is 2.92. The van der Waals surface area contributed by atoms with Crippen molar-refractivity contribution in [2.24, 2.45) is 0 Å². The molecule has 0 fully saturated rings. The van der Waals surface area contributed by atoms with Crippen LogP contribution in [0.15, 0.2) is 57.7 Å². The topological polar surface area (TPSA) is 98.0 Å². The van der Waals surface area contributed by atoms with Gasteiger partial charge in [-0.25, -0.2) is 4.79 Å². The number of hydrogen-bond donors (Lipinski definition) is 2. The molecule has 0 saturated carbocycles. The van der Waals surface area contributed by atoms with Gasteiger partial charge in [-0.1, -0.05) is 12.1 Å². The van der Waals surface area contributed by atoms with Crippen molar-refractivity contribution in [3.63, 3.8) is 0 Å². The number of benzene rings is 2. The molecule has 1 heterocycles. The average molecular weight is 397 g/mol. The molecule has 3 aromatic rings. The van der Waals surface area contributed by atoms with Crippen LogP contribution < -0.4 is 20.4 Å². The van der Waals surface area contributed by atoms with Crippen LogP contribution >= 0.6 is 0 Å². The lowest BCUT2D eigenvalue weighted by Gasteiger charge is -2.15. The highest BCUT2D eigenvalue weighted by atomic mass is 16.5. The number of aliphatic hydroxyl groups is 1. The second-order valence-corrected chi connectivity index (χ2v) is 6.49. The van der Waals surface area contributed by atoms with Gasteiger partial charge in [0, 0.05) is 30.7 Å². The Labute approximate surface area is 167 Å². The number of rotatable bonds is 8. The van der Waals surface area contributed by atoms with Gasteiger partial charge in [0.15, 0.2) is 6.10 Å². The van der Waals surface area contributed by atoms with Gasteiger partial charge in [0.25, 0.3) is 5.91 Å². The molecule has 152 valence electrons. The average Bonchev–Trinajstić information content (AvgIpc) is 2.73. The van der Waals surface area contributed by atoms with Crippen molar-refractivity contribution >= 4 is 16.9 Å². The van der Waals surface area contributed by atoms with E-state index in [1.165, 1.54) is 6.07 Å². The maximum absolute atomic E-state index is 12.1. The summed E-state index contributed by atoms with van der Waals surface area (Å²) in [6.07, 6.45) is -0.254. The quantitative estimate of drug-likeness (QED) is 0.448. The van der Waals surface area contributed by atoms with E-state index in [-0.39, 0.29) is 12.5 Å². The van der Waals surface area contributed by atoms with E-state index >= 15 is 0 Å². The lowest BCUT2D eigenvalue weighted by molar-refractivity contribution is -0.127. The molecule has 2 aromatic carbocycles. The normalized spacial score (nSPS) is 11.8. The Morgan fingerprint density at radius 2 is 1.86 bits per heavy atom. The van der Waals surface area contributed by atoms with E-state index in [1.807, 2.05) is 24.3 Å². The number of ether oxygens (including phenoxy) is 2. The second kappa shape index (κ2) is 9.25. The predicted octanol–water partition coefficient (Wildman–Crippen LogP) is 2.73. The van der Waals surface area contributed by atoms with Crippen LogP contribution in [0.4, 0.5) is 0 Å². The first kappa shape index (κ1) is 20.4. The zero-order valence-corrected chi connectivity index (χ0v) is 16.3. The number of amides is 1. The van der Waals surface area contributed by atoms with Crippen LogP contribution in [0.2, 0.25) is 0 Å². The third-order valence-corrected chi connectivity index (χ3v) is 4.43. The Bertz CT molecular complexity index is 1040. The van der Waals surface area contributed by atoms with Crippen molar-refractivity contribution in [3.8, 4) is 22.6 Å². The molecule has 1 amide bonds. The van der Waals surface area contributed by atoms with Gasteiger partial charge < -0.3 is 24.3 Å². The smallest absolute Gasteiger partial charge is 0.336 e. The van der Waals surface area contributed by atoms with Crippen molar-refractivity contribution in [2.45, 2.75) is 19.4 Å². The van der Waals surface area contributed by atoms with Crippen molar-refractivity contribution in [1.29, 1.82) is 0 Å². The number of methoxy groups -OCH3 is 1. The van der Waals surface area contributed by atoms with Crippen LogP contribution in [0, 0.1) is 0 Å². The Morgan fingerprint density at radius 1 is 1.14 bits per heavy atom. The summed E-state index contributed by atoms with van der Waals surface area (Å²) in [6.45, 7) is 2.01. The summed E-state index contributed by atoms with van der Waals surface area (Å²) in [5.41, 5.74) is 1.48. The van der Waals surface area contributed by atoms with E-state index < -0.39 is 11.7 Å². The fraction of sp³-hybridized carbons (Fsp3) is 0.273. The molecule has 7 nitrogen and oxygen atoms in total. The number of hydrogen-bond acceptors (Lipinski definition) is 6. The summed E-state index contributed by atoms with van der Waals surface area (Å²) < 4.78 is 16.2. The molecule has 1 atom stereocenters. The molecular weight excluding hydrogens is 374 g/mol. The summed E-state index contributed by atoms with van der Waals surface area (Å²) in [4.78, 5) is 24.1. The van der Waals surface area contributed by atoms with Crippen LogP contribution in [0.25, 0.3) is 22.1 Å². The van der Waals surface area contributed by atoms with E-state index in [1.54, 1.807) is 32.2 Å². The summed E-state index contributed by atoms with van der Waals surface area (Å²) in [7, 11) is 1.59. The van der Waals surface area contributed by atoms with Gasteiger partial charge in [0.2, 0.25) is 0 Å². The summed E-state index contributed by atoms with van der Waals surface area (Å²) in [5.74, 6) is 0.854. The van der Waals surface area contributed by atoms with Gasteiger partial charge in [-0.15, -0.1) is 0 Å². The molecule has 0 saturated heterocycles. The molecule has 0 radical (unpaired) electrons. The molecule has 0 aliphatic heterocycles. The molecule has 2 N–H and O–H groups in total. The van der Waals surface area contributed by atoms with E-state index in [9.17, 15) is 9.59 Å². The lowest BCUT2D eigenvalue weighted by atomic mass is 10.0. The molecule has 0 bridgehead atoms. The highest BCUT2D eigenvalue weighted by Crippen LogP contribution is 2.31. The van der Waals surface area contributed by atoms with E-state index in [0.717, 1.165) is 22.3 Å². The first-order valence-electron chi connectivity index (χ1n) is 9.29. The summed E-state index contributed by atoms with van der Waals surface area (Å²) in [5, 5.41) is 12.2. The Morgan fingerprint density at radius 3 is 2.55 bits per heavy atom. The number of carbonyl (C=O) groups is 1. The molecular formula is C22H23NO6. The highest BCUT2D eigenvalue weighted by molar-refractivity contribution is 5.94. The minimum Gasteiger partial charge on any atom is -0.497 e. The molecule has 29 heavy (non-hydrogen) atoms. The fourth-order valence-electron chi connectivity index (χ4n) is 2.92. The summed E-state index contributed by atoms with van der Waals surface area (Å²) >= 11 is 0. The Hall–Kier alpha value is -3.32. The maximum Gasteiger partial charge on any atom is 0.336 e. The van der Waals surface area contributed by atoms with Crippen LogP contribution in [-0.2, 0) is 4.79 Å². The van der Waals surface area contributed by atoms with E-state index in [4.69, 9.17) is 19.0 Å². The third-order valence-electron chi connectivity index (χ3n) is 4.43. The van der Waals surface area contributed by atoms with Gasteiger partial charge in [-0.3, -0.25) is 4.79 Å². The van der Waals surface area contributed by atoms with Crippen LogP contribution in [-0.4, -0.2) is 37.4 Å². The second-order valence-electron chi connectivity index (χ2n) is 6.49. The maximum atomic E-state index is 12.1. The predicted molar refractivity (Wildman–Crippen MR) is 109 cm³/mol. The van der Waals surface area contributed by atoms with Gasteiger partial charge in [0.1, 0.15) is 17.1 Å². The van der Waals surface area contributed by atoms with Crippen molar-refractivity contribution in [2.75, 3.05) is 20.3 Å². The third kappa shape index (κ3) is 4.94. The number of nitrogens with one attached hydrogen (secondary N) is 1. The zero-order valence-electron chi connectivity index (χ0n) is 16.3. The van der Waals surface area contributed by atoms with Crippen molar-refractivity contribution in [1.82, 2.24) is 5.32 Å². The summed E-state index contributed by atoms with van der Waals surface area (Å²) in [6, 6.07) is 14.0. The molecule has 1 aromatic heterocycles. The first-order valence-corrected chi connectivity index (χ1v) is 9.29. The van der Waals surface area contributed by atoms with Crippen molar-refractivity contribution < 1.29 is 23.8 Å². The largest absolute Gasteiger partial charge is 0.497 e. The van der Waals surface area contributed by atoms with Crippen LogP contribution in [0.5, 0.6) is 11.5 Å². The molecule has 0 aliphatic carbocycles. The number of fused-ring (bicyclic) bond motifs is 1.